The molecule has 164 valence electrons. The van der Waals surface area contributed by atoms with Crippen LogP contribution in [0.4, 0.5) is 10.1 Å². The molecule has 0 aliphatic heterocycles. The number of methoxy groups -OCH3 is 3. The van der Waals surface area contributed by atoms with Gasteiger partial charge in [-0.25, -0.2) is 12.8 Å². The second-order valence-electron chi connectivity index (χ2n) is 6.75. The fourth-order valence-corrected chi connectivity index (χ4v) is 4.93. The monoisotopic (exact) mass is 445 g/mol. The zero-order valence-corrected chi connectivity index (χ0v) is 18.5. The first-order valence-corrected chi connectivity index (χ1v) is 10.9. The molecule has 0 unspecified atom stereocenters. The van der Waals surface area contributed by atoms with Crippen LogP contribution < -0.4 is 18.5 Å². The van der Waals surface area contributed by atoms with E-state index in [-0.39, 0.29) is 4.90 Å². The maximum atomic E-state index is 13.7. The molecule has 0 radical (unpaired) electrons. The van der Waals surface area contributed by atoms with Crippen molar-refractivity contribution in [3.63, 3.8) is 0 Å². The fraction of sp³-hybridized carbons (Fsp3) is 0.217. The van der Waals surface area contributed by atoms with Gasteiger partial charge in [-0.1, -0.05) is 12.1 Å². The molecule has 3 aromatic rings. The Morgan fingerprint density at radius 3 is 2.13 bits per heavy atom. The van der Waals surface area contributed by atoms with Crippen LogP contribution in [-0.4, -0.2) is 29.7 Å². The van der Waals surface area contributed by atoms with E-state index in [0.29, 0.717) is 22.9 Å². The largest absolute Gasteiger partial charge is 0.497 e. The molecule has 0 amide bonds. The number of halogens is 1. The van der Waals surface area contributed by atoms with Crippen molar-refractivity contribution in [2.24, 2.45) is 0 Å². The summed E-state index contributed by atoms with van der Waals surface area (Å²) in [5, 5.41) is 0. The SMILES string of the molecule is COc1cccc([C@H](C)N(c2ccc(OC)c(OC)c2)S(=O)(=O)c2ccc(F)cc2)c1. The predicted molar refractivity (Wildman–Crippen MR) is 117 cm³/mol. The molecule has 3 rings (SSSR count). The van der Waals surface area contributed by atoms with Gasteiger partial charge < -0.3 is 14.2 Å². The second kappa shape index (κ2) is 9.26. The molecule has 31 heavy (non-hydrogen) atoms. The Kier molecular flexibility index (Phi) is 6.70. The first-order valence-electron chi connectivity index (χ1n) is 9.47. The average molecular weight is 446 g/mol. The first kappa shape index (κ1) is 22.4. The van der Waals surface area contributed by atoms with Crippen molar-refractivity contribution >= 4 is 15.7 Å². The van der Waals surface area contributed by atoms with E-state index < -0.39 is 21.9 Å². The van der Waals surface area contributed by atoms with E-state index >= 15 is 0 Å². The molecule has 0 heterocycles. The predicted octanol–water partition coefficient (Wildman–Crippen LogP) is 4.81. The van der Waals surface area contributed by atoms with E-state index in [0.717, 1.165) is 17.7 Å². The lowest BCUT2D eigenvalue weighted by molar-refractivity contribution is 0.355. The number of hydrogen-bond acceptors (Lipinski definition) is 5. The fourth-order valence-electron chi connectivity index (χ4n) is 3.29. The minimum Gasteiger partial charge on any atom is -0.497 e. The highest BCUT2D eigenvalue weighted by Crippen LogP contribution is 2.38. The van der Waals surface area contributed by atoms with Gasteiger partial charge in [-0.3, -0.25) is 4.31 Å². The van der Waals surface area contributed by atoms with Gasteiger partial charge in [0, 0.05) is 6.07 Å². The zero-order valence-electron chi connectivity index (χ0n) is 17.7. The number of rotatable bonds is 8. The van der Waals surface area contributed by atoms with Crippen LogP contribution in [0.25, 0.3) is 0 Å². The van der Waals surface area contributed by atoms with Crippen LogP contribution in [0.5, 0.6) is 17.2 Å². The summed E-state index contributed by atoms with van der Waals surface area (Å²) in [4.78, 5) is -0.0292. The van der Waals surface area contributed by atoms with Gasteiger partial charge >= 0.3 is 0 Å². The number of anilines is 1. The first-order chi connectivity index (χ1) is 14.8. The Labute approximate surface area is 181 Å². The van der Waals surface area contributed by atoms with E-state index in [1.54, 1.807) is 50.4 Å². The summed E-state index contributed by atoms with van der Waals surface area (Å²) in [7, 11) is 0.475. The number of benzene rings is 3. The average Bonchev–Trinajstić information content (AvgIpc) is 2.79. The maximum absolute atomic E-state index is 13.7. The van der Waals surface area contributed by atoms with Crippen molar-refractivity contribution < 1.29 is 27.0 Å². The Morgan fingerprint density at radius 1 is 0.839 bits per heavy atom. The third-order valence-electron chi connectivity index (χ3n) is 4.92. The minimum atomic E-state index is -4.05. The number of hydrogen-bond donors (Lipinski definition) is 0. The van der Waals surface area contributed by atoms with E-state index in [1.165, 1.54) is 30.7 Å². The molecule has 6 nitrogen and oxygen atoms in total. The van der Waals surface area contributed by atoms with Crippen LogP contribution in [0.1, 0.15) is 18.5 Å². The highest BCUT2D eigenvalue weighted by atomic mass is 32.2. The number of sulfonamides is 1. The normalized spacial score (nSPS) is 12.2. The summed E-state index contributed by atoms with van der Waals surface area (Å²) in [6.45, 7) is 1.77. The summed E-state index contributed by atoms with van der Waals surface area (Å²) in [5.74, 6) is 0.949. The van der Waals surface area contributed by atoms with Crippen molar-refractivity contribution in [2.45, 2.75) is 17.9 Å². The molecular formula is C23H24FNO5S. The summed E-state index contributed by atoms with van der Waals surface area (Å²) in [5.41, 5.74) is 1.09. The van der Waals surface area contributed by atoms with Gasteiger partial charge in [0.1, 0.15) is 11.6 Å². The molecule has 0 aliphatic rings. The summed E-state index contributed by atoms with van der Waals surface area (Å²) >= 11 is 0. The molecule has 0 fully saturated rings. The quantitative estimate of drug-likeness (QED) is 0.498. The molecular weight excluding hydrogens is 421 g/mol. The van der Waals surface area contributed by atoms with Crippen LogP contribution in [0, 0.1) is 5.82 Å². The van der Waals surface area contributed by atoms with Gasteiger partial charge in [-0.2, -0.15) is 0 Å². The van der Waals surface area contributed by atoms with E-state index in [4.69, 9.17) is 14.2 Å². The standard InChI is InChI=1S/C23H24FNO5S/c1-16(17-6-5-7-20(14-17)28-2)25(19-10-13-22(29-3)23(15-19)30-4)31(26,27)21-11-8-18(24)9-12-21/h5-16H,1-4H3/t16-/m0/s1. The molecule has 0 bridgehead atoms. The molecule has 0 saturated heterocycles. The summed E-state index contributed by atoms with van der Waals surface area (Å²) in [6, 6.07) is 16.2. The topological polar surface area (TPSA) is 65.1 Å². The molecule has 8 heteroatoms. The highest BCUT2D eigenvalue weighted by Gasteiger charge is 2.31. The Balaban J connectivity index is 2.19. The molecule has 0 spiro atoms. The van der Waals surface area contributed by atoms with Crippen LogP contribution in [0.3, 0.4) is 0 Å². The third-order valence-corrected chi connectivity index (χ3v) is 6.83. The lowest BCUT2D eigenvalue weighted by atomic mass is 10.1. The van der Waals surface area contributed by atoms with Crippen LogP contribution in [0.2, 0.25) is 0 Å². The molecule has 0 aliphatic carbocycles. The van der Waals surface area contributed by atoms with E-state index in [9.17, 15) is 12.8 Å². The van der Waals surface area contributed by atoms with E-state index in [2.05, 4.69) is 0 Å². The van der Waals surface area contributed by atoms with E-state index in [1.807, 2.05) is 6.07 Å². The van der Waals surface area contributed by atoms with Crippen molar-refractivity contribution in [3.05, 3.63) is 78.1 Å². The third kappa shape index (κ3) is 4.59. The van der Waals surface area contributed by atoms with Crippen molar-refractivity contribution in [3.8, 4) is 17.2 Å². The molecule has 0 saturated carbocycles. The summed E-state index contributed by atoms with van der Waals surface area (Å²) < 4.78 is 58.0. The number of ether oxygens (including phenoxy) is 3. The van der Waals surface area contributed by atoms with Gasteiger partial charge in [0.25, 0.3) is 10.0 Å². The van der Waals surface area contributed by atoms with Gasteiger partial charge in [0.2, 0.25) is 0 Å². The molecule has 1 atom stereocenters. The van der Waals surface area contributed by atoms with Crippen LogP contribution >= 0.6 is 0 Å². The highest BCUT2D eigenvalue weighted by molar-refractivity contribution is 7.92. The summed E-state index contributed by atoms with van der Waals surface area (Å²) in [6.07, 6.45) is 0. The van der Waals surface area contributed by atoms with Gasteiger partial charge in [0.15, 0.2) is 11.5 Å². The lowest BCUT2D eigenvalue weighted by Crippen LogP contribution is -2.33. The zero-order chi connectivity index (χ0) is 22.6. The second-order valence-corrected chi connectivity index (χ2v) is 8.56. The van der Waals surface area contributed by atoms with Crippen LogP contribution in [0.15, 0.2) is 71.6 Å². The molecule has 0 aromatic heterocycles. The Hall–Kier alpha value is -3.26. The molecule has 3 aromatic carbocycles. The number of nitrogens with zero attached hydrogens (tertiary/aromatic N) is 1. The minimum absolute atomic E-state index is 0.0292. The van der Waals surface area contributed by atoms with Gasteiger partial charge in [-0.15, -0.1) is 0 Å². The van der Waals surface area contributed by atoms with Crippen molar-refractivity contribution in [1.29, 1.82) is 0 Å². The Morgan fingerprint density at radius 2 is 1.52 bits per heavy atom. The lowest BCUT2D eigenvalue weighted by Gasteiger charge is -2.31. The van der Waals surface area contributed by atoms with Crippen LogP contribution in [-0.2, 0) is 10.0 Å². The van der Waals surface area contributed by atoms with Crippen molar-refractivity contribution in [2.75, 3.05) is 25.6 Å². The maximum Gasteiger partial charge on any atom is 0.264 e. The van der Waals surface area contributed by atoms with Gasteiger partial charge in [-0.05, 0) is 61.0 Å². The molecule has 0 N–H and O–H groups in total. The van der Waals surface area contributed by atoms with Crippen molar-refractivity contribution in [1.82, 2.24) is 0 Å². The smallest absolute Gasteiger partial charge is 0.264 e. The van der Waals surface area contributed by atoms with Gasteiger partial charge in [0.05, 0.1) is 38.0 Å². The Bertz CT molecular complexity index is 1150.